The number of aromatic nitrogens is 3. The topological polar surface area (TPSA) is 97.0 Å². The smallest absolute Gasteiger partial charge is 0.301 e. The number of aryl methyl sites for hydroxylation is 2. The molecule has 1 atom stereocenters. The van der Waals surface area contributed by atoms with Crippen LogP contribution in [-0.2, 0) is 16.2 Å². The highest BCUT2D eigenvalue weighted by Crippen LogP contribution is 2.45. The van der Waals surface area contributed by atoms with Crippen molar-refractivity contribution in [1.29, 1.82) is 0 Å². The lowest BCUT2D eigenvalue weighted by molar-refractivity contribution is -0.132. The number of carbonyl (C=O) groups excluding carboxylic acids is 2. The fourth-order valence-electron chi connectivity index (χ4n) is 5.52. The van der Waals surface area contributed by atoms with Crippen LogP contribution in [-0.4, -0.2) is 31.2 Å². The molecule has 0 spiro atoms. The Morgan fingerprint density at radius 3 is 2.59 bits per heavy atom. The van der Waals surface area contributed by atoms with Crippen molar-refractivity contribution in [1.82, 2.24) is 14.4 Å². The fraction of sp³-hybridized carbons (Fsp3) is 0.118. The first-order chi connectivity index (χ1) is 21.3. The van der Waals surface area contributed by atoms with E-state index in [0.29, 0.717) is 44.9 Å². The molecular formula is C34H25ClN4O4S. The van der Waals surface area contributed by atoms with Crippen LogP contribution in [0.5, 0.6) is 5.75 Å². The van der Waals surface area contributed by atoms with E-state index in [1.54, 1.807) is 36.4 Å². The molecule has 0 radical (unpaired) electrons. The van der Waals surface area contributed by atoms with Crippen LogP contribution in [0.3, 0.4) is 0 Å². The van der Waals surface area contributed by atoms with Crippen molar-refractivity contribution in [2.75, 3.05) is 4.90 Å². The van der Waals surface area contributed by atoms with Gasteiger partial charge in [0.2, 0.25) is 0 Å². The standard InChI is InChI=1S/C34H25ClN4O4S/c1-19-8-7-15-38-20(2)28(37-32(19)38)30(40)27-29(22-11-6-12-24(16-22)43-18-21-9-4-3-5-10-21)39(33(42)31(27)41)34-36-25-14-13-23(35)17-26(25)44-34/h3-17,29,40H,18H2,1-2H3. The van der Waals surface area contributed by atoms with Crippen molar-refractivity contribution in [3.8, 4) is 5.75 Å². The molecule has 1 aliphatic heterocycles. The molecule has 6 aromatic rings. The van der Waals surface area contributed by atoms with Crippen molar-refractivity contribution in [2.45, 2.75) is 26.5 Å². The molecule has 3 aromatic heterocycles. The molecule has 1 unspecified atom stereocenters. The lowest BCUT2D eigenvalue weighted by Crippen LogP contribution is -2.29. The number of imidazole rings is 1. The Morgan fingerprint density at radius 2 is 1.80 bits per heavy atom. The highest BCUT2D eigenvalue weighted by Gasteiger charge is 2.48. The third kappa shape index (κ3) is 4.70. The second kappa shape index (κ2) is 10.9. The first-order valence-corrected chi connectivity index (χ1v) is 15.1. The number of hydrogen-bond donors (Lipinski definition) is 1. The lowest BCUT2D eigenvalue weighted by atomic mass is 9.96. The number of anilines is 1. The zero-order valence-electron chi connectivity index (χ0n) is 23.7. The van der Waals surface area contributed by atoms with Crippen molar-refractivity contribution in [2.24, 2.45) is 0 Å². The molecular weight excluding hydrogens is 596 g/mol. The number of amides is 1. The highest BCUT2D eigenvalue weighted by molar-refractivity contribution is 7.22. The number of ketones is 1. The van der Waals surface area contributed by atoms with Crippen LogP contribution >= 0.6 is 22.9 Å². The molecule has 1 aliphatic rings. The summed E-state index contributed by atoms with van der Waals surface area (Å²) in [6.07, 6.45) is 1.84. The molecule has 8 nitrogen and oxygen atoms in total. The van der Waals surface area contributed by atoms with E-state index in [4.69, 9.17) is 16.3 Å². The van der Waals surface area contributed by atoms with Crippen LogP contribution in [0, 0.1) is 13.8 Å². The first-order valence-electron chi connectivity index (χ1n) is 13.9. The average molecular weight is 621 g/mol. The minimum absolute atomic E-state index is 0.0725. The number of aliphatic hydroxyl groups is 1. The maximum atomic E-state index is 13.8. The molecule has 10 heteroatoms. The Hall–Kier alpha value is -4.99. The van der Waals surface area contributed by atoms with Gasteiger partial charge in [-0.15, -0.1) is 0 Å². The van der Waals surface area contributed by atoms with E-state index in [1.165, 1.54) is 16.2 Å². The summed E-state index contributed by atoms with van der Waals surface area (Å²) in [5, 5.41) is 12.7. The Balaban J connectivity index is 1.39. The molecule has 1 N–H and O–H groups in total. The van der Waals surface area contributed by atoms with Crippen LogP contribution in [0.15, 0.2) is 96.7 Å². The van der Waals surface area contributed by atoms with Gasteiger partial charge in [0.1, 0.15) is 23.7 Å². The van der Waals surface area contributed by atoms with Crippen LogP contribution in [0.25, 0.3) is 21.6 Å². The van der Waals surface area contributed by atoms with Gasteiger partial charge in [-0.05, 0) is 66.9 Å². The van der Waals surface area contributed by atoms with Gasteiger partial charge in [0.15, 0.2) is 10.9 Å². The van der Waals surface area contributed by atoms with Gasteiger partial charge in [0.25, 0.3) is 5.78 Å². The maximum absolute atomic E-state index is 13.8. The summed E-state index contributed by atoms with van der Waals surface area (Å²) < 4.78 is 8.71. The summed E-state index contributed by atoms with van der Waals surface area (Å²) in [5.41, 5.74) is 4.56. The Bertz CT molecular complexity index is 2140. The van der Waals surface area contributed by atoms with Crippen molar-refractivity contribution in [3.63, 3.8) is 0 Å². The number of ether oxygens (including phenoxy) is 1. The normalized spacial score (nSPS) is 16.3. The molecule has 0 saturated carbocycles. The van der Waals surface area contributed by atoms with E-state index in [9.17, 15) is 14.7 Å². The van der Waals surface area contributed by atoms with Gasteiger partial charge < -0.3 is 14.2 Å². The molecule has 1 amide bonds. The Labute approximate surface area is 261 Å². The van der Waals surface area contributed by atoms with E-state index < -0.39 is 17.7 Å². The zero-order valence-corrected chi connectivity index (χ0v) is 25.3. The quantitative estimate of drug-likeness (QED) is 0.118. The minimum atomic E-state index is -0.989. The van der Waals surface area contributed by atoms with E-state index in [1.807, 2.05) is 73.0 Å². The van der Waals surface area contributed by atoms with E-state index in [-0.39, 0.29) is 17.0 Å². The van der Waals surface area contributed by atoms with Gasteiger partial charge in [-0.3, -0.25) is 14.5 Å². The second-order valence-electron chi connectivity index (χ2n) is 10.6. The maximum Gasteiger partial charge on any atom is 0.301 e. The number of pyridine rings is 1. The van der Waals surface area contributed by atoms with Crippen LogP contribution in [0.1, 0.15) is 34.1 Å². The SMILES string of the molecule is Cc1cccn2c(C)c(C(O)=C3C(=O)C(=O)N(c4nc5ccc(Cl)cc5s4)C3c3cccc(OCc4ccccc4)c3)nc12. The number of benzene rings is 3. The van der Waals surface area contributed by atoms with Gasteiger partial charge >= 0.3 is 5.91 Å². The number of Topliss-reactive ketones (excluding diaryl/α,β-unsaturated/α-hetero) is 1. The van der Waals surface area contributed by atoms with Crippen LogP contribution in [0.4, 0.5) is 5.13 Å². The second-order valence-corrected chi connectivity index (χ2v) is 12.0. The van der Waals surface area contributed by atoms with Gasteiger partial charge in [0.05, 0.1) is 27.5 Å². The lowest BCUT2D eigenvalue weighted by Gasteiger charge is -2.23. The molecule has 1 fully saturated rings. The number of hydrogen-bond acceptors (Lipinski definition) is 7. The first kappa shape index (κ1) is 27.8. The predicted molar refractivity (Wildman–Crippen MR) is 171 cm³/mol. The summed E-state index contributed by atoms with van der Waals surface area (Å²) >= 11 is 7.47. The van der Waals surface area contributed by atoms with Gasteiger partial charge in [-0.1, -0.05) is 71.5 Å². The van der Waals surface area contributed by atoms with E-state index in [0.717, 1.165) is 15.8 Å². The third-order valence-corrected chi connectivity index (χ3v) is 8.97. The summed E-state index contributed by atoms with van der Waals surface area (Å²) in [6.45, 7) is 4.07. The molecule has 218 valence electrons. The van der Waals surface area contributed by atoms with Gasteiger partial charge in [0, 0.05) is 11.2 Å². The highest BCUT2D eigenvalue weighted by atomic mass is 35.5. The minimum Gasteiger partial charge on any atom is -0.505 e. The summed E-state index contributed by atoms with van der Waals surface area (Å²) in [6, 6.07) is 25.0. The van der Waals surface area contributed by atoms with Crippen molar-refractivity contribution in [3.05, 3.63) is 130 Å². The van der Waals surface area contributed by atoms with Crippen LogP contribution < -0.4 is 9.64 Å². The number of halogens is 1. The monoisotopic (exact) mass is 620 g/mol. The predicted octanol–water partition coefficient (Wildman–Crippen LogP) is 7.42. The molecule has 4 heterocycles. The molecule has 0 aliphatic carbocycles. The van der Waals surface area contributed by atoms with Gasteiger partial charge in [-0.25, -0.2) is 9.97 Å². The molecule has 7 rings (SSSR count). The van der Waals surface area contributed by atoms with Crippen molar-refractivity contribution >= 4 is 61.4 Å². The molecule has 0 bridgehead atoms. The van der Waals surface area contributed by atoms with E-state index >= 15 is 0 Å². The Kier molecular flexibility index (Phi) is 6.91. The van der Waals surface area contributed by atoms with Crippen molar-refractivity contribution < 1.29 is 19.4 Å². The molecule has 1 saturated heterocycles. The fourth-order valence-corrected chi connectivity index (χ4v) is 6.79. The van der Waals surface area contributed by atoms with E-state index in [2.05, 4.69) is 9.97 Å². The number of fused-ring (bicyclic) bond motifs is 2. The molecule has 44 heavy (non-hydrogen) atoms. The number of aliphatic hydroxyl groups excluding tert-OH is 1. The number of thiazole rings is 1. The zero-order chi connectivity index (χ0) is 30.5. The Morgan fingerprint density at radius 1 is 0.977 bits per heavy atom. The number of carbonyl (C=O) groups is 2. The van der Waals surface area contributed by atoms with Crippen LogP contribution in [0.2, 0.25) is 5.02 Å². The number of rotatable bonds is 6. The largest absolute Gasteiger partial charge is 0.505 e. The third-order valence-electron chi connectivity index (χ3n) is 7.72. The molecule has 3 aromatic carbocycles. The average Bonchev–Trinajstić information content (AvgIpc) is 3.68. The summed E-state index contributed by atoms with van der Waals surface area (Å²) in [7, 11) is 0. The summed E-state index contributed by atoms with van der Waals surface area (Å²) in [5.74, 6) is -1.42. The van der Waals surface area contributed by atoms with Gasteiger partial charge in [-0.2, -0.15) is 0 Å². The number of nitrogens with zero attached hydrogens (tertiary/aromatic N) is 4. The summed E-state index contributed by atoms with van der Waals surface area (Å²) in [4.78, 5) is 38.3.